The summed E-state index contributed by atoms with van der Waals surface area (Å²) in [6.07, 6.45) is -1.40. The minimum absolute atomic E-state index is 0.0290. The molecule has 0 saturated carbocycles. The van der Waals surface area contributed by atoms with Gasteiger partial charge in [0.25, 0.3) is 13.9 Å². The Morgan fingerprint density at radius 2 is 1.44 bits per heavy atom. The lowest BCUT2D eigenvalue weighted by Crippen LogP contribution is -2.67. The van der Waals surface area contributed by atoms with E-state index in [1.165, 1.54) is 10.8 Å². The molecule has 4 rings (SSSR count). The first-order chi connectivity index (χ1) is 21.0. The zero-order chi connectivity index (χ0) is 33.2. The van der Waals surface area contributed by atoms with Crippen LogP contribution in [0.4, 0.5) is 0 Å². The Balaban J connectivity index is 1.85. The average molecular weight is 655 g/mol. The van der Waals surface area contributed by atoms with Crippen LogP contribution in [-0.4, -0.2) is 69.4 Å². The topological polar surface area (TPSA) is 112 Å². The third kappa shape index (κ3) is 7.19. The van der Waals surface area contributed by atoms with Gasteiger partial charge in [0.2, 0.25) is 0 Å². The highest BCUT2D eigenvalue weighted by Gasteiger charge is 2.55. The van der Waals surface area contributed by atoms with Gasteiger partial charge in [-0.3, -0.25) is 14.3 Å². The normalized spacial score (nSPS) is 21.3. The fourth-order valence-electron chi connectivity index (χ4n) is 5.84. The molecule has 2 aromatic carbocycles. The fraction of sp³-hybridized carbons (Fsp3) is 0.529. The lowest BCUT2D eigenvalue weighted by atomic mass is 10.1. The van der Waals surface area contributed by atoms with Crippen molar-refractivity contribution in [3.63, 3.8) is 0 Å². The van der Waals surface area contributed by atoms with Gasteiger partial charge in [0.05, 0.1) is 19.8 Å². The van der Waals surface area contributed by atoms with E-state index in [9.17, 15) is 14.7 Å². The van der Waals surface area contributed by atoms with E-state index in [0.717, 1.165) is 10.4 Å². The van der Waals surface area contributed by atoms with E-state index >= 15 is 0 Å². The Morgan fingerprint density at radius 1 is 0.889 bits per heavy atom. The van der Waals surface area contributed by atoms with E-state index in [2.05, 4.69) is 83.9 Å². The molecule has 1 aromatic heterocycles. The number of ether oxygens (including phenoxy) is 2. The molecule has 2 N–H and O–H groups in total. The standard InChI is InChI=1S/C34H50N2O7Si2/c1-24-22-36(32(39)35-30(24)38)31-29(40-21-20-37)28(43-44(8,9)33(2,3)4)27(42-31)23-41-45(34(5,6)7,25-16-12-10-13-17-25)26-18-14-11-15-19-26/h10-19,22,27-29,31,37H,20-21,23H2,1-9H3,(H,35,38,39)/t27-,28-,29-,31-/m1/s1. The van der Waals surface area contributed by atoms with Gasteiger partial charge < -0.3 is 23.4 Å². The van der Waals surface area contributed by atoms with E-state index in [-0.39, 0.29) is 29.9 Å². The Kier molecular flexibility index (Phi) is 10.6. The number of aromatic nitrogens is 2. The number of hydrogen-bond acceptors (Lipinski definition) is 7. The van der Waals surface area contributed by atoms with Crippen LogP contribution in [0.1, 0.15) is 53.3 Å². The number of aliphatic hydroxyl groups is 1. The molecule has 1 aliphatic heterocycles. The molecule has 0 radical (unpaired) electrons. The maximum atomic E-state index is 13.1. The highest BCUT2D eigenvalue weighted by atomic mass is 28.4. The second-order valence-corrected chi connectivity index (χ2v) is 23.5. The van der Waals surface area contributed by atoms with Crippen LogP contribution in [-0.2, 0) is 18.3 Å². The number of nitrogens with zero attached hydrogens (tertiary/aromatic N) is 1. The molecule has 2 heterocycles. The SMILES string of the molecule is Cc1cn([C@@H]2O[C@H](CO[Si](c3ccccc3)(c3ccccc3)C(C)(C)C)[C@@H](O[Si](C)(C)C(C)(C)C)[C@H]2OCCO)c(=O)[nH]c1=O. The Morgan fingerprint density at radius 3 is 1.93 bits per heavy atom. The smallest absolute Gasteiger partial charge is 0.330 e. The molecular formula is C34H50N2O7Si2. The van der Waals surface area contributed by atoms with Crippen molar-refractivity contribution in [1.29, 1.82) is 0 Å². The maximum absolute atomic E-state index is 13.1. The summed E-state index contributed by atoms with van der Waals surface area (Å²) in [4.78, 5) is 27.8. The first-order valence-corrected chi connectivity index (χ1v) is 20.5. The van der Waals surface area contributed by atoms with Crippen molar-refractivity contribution < 1.29 is 23.4 Å². The molecule has 3 aromatic rings. The number of aliphatic hydroxyl groups excluding tert-OH is 1. The number of benzene rings is 2. The number of nitrogens with one attached hydrogen (secondary N) is 1. The second-order valence-electron chi connectivity index (χ2n) is 14.4. The minimum Gasteiger partial charge on any atom is -0.408 e. The molecule has 4 atom stereocenters. The Labute approximate surface area is 268 Å². The van der Waals surface area contributed by atoms with E-state index < -0.39 is 52.4 Å². The molecule has 45 heavy (non-hydrogen) atoms. The van der Waals surface area contributed by atoms with Gasteiger partial charge >= 0.3 is 5.69 Å². The van der Waals surface area contributed by atoms with E-state index in [4.69, 9.17) is 18.3 Å². The number of aromatic amines is 1. The van der Waals surface area contributed by atoms with Crippen LogP contribution >= 0.6 is 0 Å². The molecule has 0 amide bonds. The van der Waals surface area contributed by atoms with Gasteiger partial charge in [-0.15, -0.1) is 0 Å². The van der Waals surface area contributed by atoms with Crippen molar-refractivity contribution in [2.24, 2.45) is 0 Å². The van der Waals surface area contributed by atoms with Crippen LogP contribution in [0.5, 0.6) is 0 Å². The third-order valence-corrected chi connectivity index (χ3v) is 18.7. The molecule has 11 heteroatoms. The van der Waals surface area contributed by atoms with Crippen LogP contribution in [0.3, 0.4) is 0 Å². The first-order valence-electron chi connectivity index (χ1n) is 15.7. The van der Waals surface area contributed by atoms with Crippen LogP contribution < -0.4 is 21.6 Å². The van der Waals surface area contributed by atoms with Gasteiger partial charge in [-0.25, -0.2) is 4.79 Å². The summed E-state index contributed by atoms with van der Waals surface area (Å²) in [7, 11) is -5.35. The van der Waals surface area contributed by atoms with E-state index in [1.54, 1.807) is 6.92 Å². The van der Waals surface area contributed by atoms with Crippen LogP contribution in [0.2, 0.25) is 23.2 Å². The molecule has 1 fully saturated rings. The van der Waals surface area contributed by atoms with E-state index in [1.807, 2.05) is 36.4 Å². The highest BCUT2D eigenvalue weighted by molar-refractivity contribution is 6.99. The number of aryl methyl sites for hydroxylation is 1. The lowest BCUT2D eigenvalue weighted by molar-refractivity contribution is -0.0786. The first kappa shape index (κ1) is 35.2. The largest absolute Gasteiger partial charge is 0.408 e. The second kappa shape index (κ2) is 13.6. The van der Waals surface area contributed by atoms with Crippen LogP contribution in [0.15, 0.2) is 76.4 Å². The van der Waals surface area contributed by atoms with Gasteiger partial charge in [0.15, 0.2) is 14.5 Å². The lowest BCUT2D eigenvalue weighted by Gasteiger charge is -2.44. The van der Waals surface area contributed by atoms with Crippen molar-refractivity contribution in [1.82, 2.24) is 9.55 Å². The monoisotopic (exact) mass is 654 g/mol. The maximum Gasteiger partial charge on any atom is 0.330 e. The van der Waals surface area contributed by atoms with Crippen LogP contribution in [0, 0.1) is 6.92 Å². The molecule has 9 nitrogen and oxygen atoms in total. The zero-order valence-electron chi connectivity index (χ0n) is 28.1. The third-order valence-electron chi connectivity index (χ3n) is 9.22. The average Bonchev–Trinajstić information content (AvgIpc) is 3.29. The predicted molar refractivity (Wildman–Crippen MR) is 182 cm³/mol. The Bertz CT molecular complexity index is 1490. The van der Waals surface area contributed by atoms with Gasteiger partial charge in [-0.2, -0.15) is 0 Å². The quantitative estimate of drug-likeness (QED) is 0.300. The van der Waals surface area contributed by atoms with Crippen molar-refractivity contribution in [3.05, 3.63) is 93.3 Å². The van der Waals surface area contributed by atoms with Gasteiger partial charge in [-0.05, 0) is 40.5 Å². The van der Waals surface area contributed by atoms with Crippen molar-refractivity contribution >= 4 is 27.0 Å². The van der Waals surface area contributed by atoms with Crippen molar-refractivity contribution in [2.75, 3.05) is 19.8 Å². The summed E-state index contributed by atoms with van der Waals surface area (Å²) in [5.41, 5.74) is -0.691. The Hall–Kier alpha value is -2.65. The predicted octanol–water partition coefficient (Wildman–Crippen LogP) is 4.09. The van der Waals surface area contributed by atoms with Gasteiger partial charge in [0.1, 0.15) is 18.3 Å². The minimum atomic E-state index is -2.94. The summed E-state index contributed by atoms with van der Waals surface area (Å²) in [5, 5.41) is 11.6. The molecule has 0 aliphatic carbocycles. The number of hydrogen-bond donors (Lipinski definition) is 2. The summed E-state index contributed by atoms with van der Waals surface area (Å²) < 4.78 is 28.7. The summed E-state index contributed by atoms with van der Waals surface area (Å²) in [6, 6.07) is 20.8. The number of rotatable bonds is 11. The van der Waals surface area contributed by atoms with Gasteiger partial charge in [0, 0.05) is 11.8 Å². The summed E-state index contributed by atoms with van der Waals surface area (Å²) in [5.74, 6) is 0. The van der Waals surface area contributed by atoms with Crippen LogP contribution in [0.25, 0.3) is 0 Å². The zero-order valence-corrected chi connectivity index (χ0v) is 30.1. The summed E-state index contributed by atoms with van der Waals surface area (Å²) >= 11 is 0. The number of H-pyrrole nitrogens is 1. The molecule has 0 unspecified atom stereocenters. The summed E-state index contributed by atoms with van der Waals surface area (Å²) in [6.45, 7) is 19.1. The highest BCUT2D eigenvalue weighted by Crippen LogP contribution is 2.43. The van der Waals surface area contributed by atoms with E-state index in [0.29, 0.717) is 5.56 Å². The van der Waals surface area contributed by atoms with Gasteiger partial charge in [-0.1, -0.05) is 102 Å². The molecule has 0 spiro atoms. The van der Waals surface area contributed by atoms with Crippen molar-refractivity contribution in [3.8, 4) is 0 Å². The molecule has 246 valence electrons. The fourth-order valence-corrected chi connectivity index (χ4v) is 11.7. The molecule has 0 bridgehead atoms. The molecular weight excluding hydrogens is 605 g/mol. The van der Waals surface area contributed by atoms with Crippen molar-refractivity contribution in [2.45, 2.75) is 96.2 Å². The molecule has 1 saturated heterocycles. The molecule has 1 aliphatic rings.